The molecule has 306 valence electrons. The smallest absolute Gasteiger partial charge is 0.328 e. The van der Waals surface area contributed by atoms with Crippen LogP contribution < -0.4 is 35.5 Å². The summed E-state index contributed by atoms with van der Waals surface area (Å²) in [5, 5.41) is 19.1. The number of amides is 3. The first kappa shape index (κ1) is 45.0. The Hall–Kier alpha value is -5.38. The van der Waals surface area contributed by atoms with Gasteiger partial charge in [0.15, 0.2) is 0 Å². The fourth-order valence-electron chi connectivity index (χ4n) is 6.40. The standard InChI is InChI=1S/C40H56N6O9S/c1-10-13-32(38(50)53-9)45-36(48)31(44-37(49)33(43-27(6)47)23-28-15-17-29(18-16-28)54-22-11-2)14-12-21-42-39(41)46-56(51,52)35-25(4)24(3)34-30(26(35)5)19-20-40(7,8)55-34/h10-11,15-18,31-33H,1-2,12-14,19-23H2,3-9H3,(H,43,47)(H,44,49)(H,45,48)(H3,41,42,46)/t31-,32-,33+/m0/s1. The van der Waals surface area contributed by atoms with Crippen molar-refractivity contribution in [1.29, 1.82) is 5.41 Å². The second-order valence-corrected chi connectivity index (χ2v) is 15.9. The summed E-state index contributed by atoms with van der Waals surface area (Å²) in [6, 6.07) is 3.61. The van der Waals surface area contributed by atoms with E-state index in [9.17, 15) is 27.6 Å². The highest BCUT2D eigenvalue weighted by Crippen LogP contribution is 2.42. The zero-order valence-electron chi connectivity index (χ0n) is 33.3. The van der Waals surface area contributed by atoms with Crippen molar-refractivity contribution in [3.05, 3.63) is 77.4 Å². The van der Waals surface area contributed by atoms with E-state index in [0.29, 0.717) is 41.2 Å². The average Bonchev–Trinajstić information content (AvgIpc) is 3.13. The number of guanidine groups is 1. The molecule has 0 aromatic heterocycles. The number of fused-ring (bicyclic) bond motifs is 1. The van der Waals surface area contributed by atoms with E-state index in [1.807, 2.05) is 20.8 Å². The van der Waals surface area contributed by atoms with Gasteiger partial charge in [-0.2, -0.15) is 0 Å². The van der Waals surface area contributed by atoms with Crippen molar-refractivity contribution in [3.63, 3.8) is 0 Å². The molecule has 0 saturated heterocycles. The Morgan fingerprint density at radius 1 is 0.946 bits per heavy atom. The Balaban J connectivity index is 1.75. The molecule has 2 aromatic carbocycles. The molecular formula is C40H56N6O9S. The molecule has 0 spiro atoms. The highest BCUT2D eigenvalue weighted by molar-refractivity contribution is 7.90. The van der Waals surface area contributed by atoms with Crippen molar-refractivity contribution in [3.8, 4) is 11.5 Å². The number of nitrogens with one attached hydrogen (secondary N) is 6. The molecule has 3 amide bonds. The van der Waals surface area contributed by atoms with Crippen molar-refractivity contribution >= 4 is 39.7 Å². The lowest BCUT2D eigenvalue weighted by molar-refractivity contribution is -0.145. The van der Waals surface area contributed by atoms with Gasteiger partial charge in [-0.3, -0.25) is 19.8 Å². The predicted molar refractivity (Wildman–Crippen MR) is 213 cm³/mol. The van der Waals surface area contributed by atoms with Crippen LogP contribution in [0.2, 0.25) is 0 Å². The molecule has 0 aliphatic carbocycles. The number of ether oxygens (including phenoxy) is 3. The van der Waals surface area contributed by atoms with Gasteiger partial charge in [-0.15, -0.1) is 6.58 Å². The maximum absolute atomic E-state index is 13.7. The van der Waals surface area contributed by atoms with Crippen molar-refractivity contribution < 1.29 is 41.8 Å². The minimum absolute atomic E-state index is 0.00724. The molecule has 0 saturated carbocycles. The number of carbonyl (C=O) groups is 4. The number of hydrogen-bond donors (Lipinski definition) is 6. The van der Waals surface area contributed by atoms with Crippen molar-refractivity contribution in [2.45, 2.75) is 109 Å². The minimum atomic E-state index is -4.18. The summed E-state index contributed by atoms with van der Waals surface area (Å²) >= 11 is 0. The summed E-state index contributed by atoms with van der Waals surface area (Å²) in [5.74, 6) is -1.71. The number of benzene rings is 2. The number of esters is 1. The van der Waals surface area contributed by atoms with Crippen molar-refractivity contribution in [2.24, 2.45) is 0 Å². The number of hydrogen-bond acceptors (Lipinski definition) is 10. The Bertz CT molecular complexity index is 1910. The zero-order chi connectivity index (χ0) is 41.8. The average molecular weight is 797 g/mol. The van der Waals surface area contributed by atoms with Crippen LogP contribution in [0.3, 0.4) is 0 Å². The minimum Gasteiger partial charge on any atom is -0.490 e. The molecule has 0 fully saturated rings. The maximum Gasteiger partial charge on any atom is 0.328 e. The number of carbonyl (C=O) groups excluding carboxylic acids is 4. The van der Waals surface area contributed by atoms with Crippen molar-refractivity contribution in [1.82, 2.24) is 26.0 Å². The van der Waals surface area contributed by atoms with Gasteiger partial charge in [0.1, 0.15) is 41.8 Å². The molecule has 6 N–H and O–H groups in total. The fourth-order valence-corrected chi connectivity index (χ4v) is 7.92. The van der Waals surface area contributed by atoms with E-state index in [0.717, 1.165) is 17.5 Å². The molecule has 0 unspecified atom stereocenters. The van der Waals surface area contributed by atoms with Gasteiger partial charge in [0, 0.05) is 19.9 Å². The summed E-state index contributed by atoms with van der Waals surface area (Å²) in [7, 11) is -3.00. The predicted octanol–water partition coefficient (Wildman–Crippen LogP) is 3.33. The maximum atomic E-state index is 13.7. The van der Waals surface area contributed by atoms with Gasteiger partial charge >= 0.3 is 5.97 Å². The van der Waals surface area contributed by atoms with Gasteiger partial charge in [-0.1, -0.05) is 30.9 Å². The second-order valence-electron chi connectivity index (χ2n) is 14.3. The van der Waals surface area contributed by atoms with Crippen LogP contribution in [0, 0.1) is 26.2 Å². The first-order valence-corrected chi connectivity index (χ1v) is 19.9. The summed E-state index contributed by atoms with van der Waals surface area (Å²) in [4.78, 5) is 51.8. The summed E-state index contributed by atoms with van der Waals surface area (Å²) < 4.78 is 46.2. The Kier molecular flexibility index (Phi) is 16.1. The third kappa shape index (κ3) is 12.3. The molecule has 3 rings (SSSR count). The van der Waals surface area contributed by atoms with E-state index in [1.54, 1.807) is 44.2 Å². The highest BCUT2D eigenvalue weighted by atomic mass is 32.2. The second kappa shape index (κ2) is 20.0. The quantitative estimate of drug-likeness (QED) is 0.0401. The molecule has 1 aliphatic heterocycles. The van der Waals surface area contributed by atoms with Gasteiger partial charge < -0.3 is 35.5 Å². The molecule has 1 aliphatic rings. The number of methoxy groups -OCH3 is 1. The largest absolute Gasteiger partial charge is 0.490 e. The van der Waals surface area contributed by atoms with Crippen LogP contribution in [-0.2, 0) is 46.8 Å². The number of rotatable bonds is 19. The molecule has 3 atom stereocenters. The molecule has 15 nitrogen and oxygen atoms in total. The van der Waals surface area contributed by atoms with E-state index < -0.39 is 57.8 Å². The molecule has 0 radical (unpaired) electrons. The lowest BCUT2D eigenvalue weighted by atomic mass is 9.88. The first-order valence-electron chi connectivity index (χ1n) is 18.4. The lowest BCUT2D eigenvalue weighted by Gasteiger charge is -2.35. The SMILES string of the molecule is C=CCOc1ccc(C[C@@H](NC(C)=O)C(=O)N[C@@H](CCCNC(=N)NS(=O)(=O)c2c(C)c(C)c3c(c2C)CCC(C)(C)O3)C(=O)N[C@@H](CC=C)C(=O)OC)cc1. The van der Waals surface area contributed by atoms with Crippen molar-refractivity contribution in [2.75, 3.05) is 20.3 Å². The third-order valence-corrected chi connectivity index (χ3v) is 11.0. The normalized spacial score (nSPS) is 14.6. The third-order valence-electron chi connectivity index (χ3n) is 9.41. The first-order chi connectivity index (χ1) is 26.3. The zero-order valence-corrected chi connectivity index (χ0v) is 34.2. The van der Waals surface area contributed by atoms with E-state index >= 15 is 0 Å². The topological polar surface area (TPSA) is 214 Å². The van der Waals surface area contributed by atoms with Crippen LogP contribution in [-0.4, -0.2) is 82.1 Å². The van der Waals surface area contributed by atoms with E-state index in [2.05, 4.69) is 39.1 Å². The van der Waals surface area contributed by atoms with Gasteiger partial charge in [-0.25, -0.2) is 17.9 Å². The van der Waals surface area contributed by atoms with Gasteiger partial charge in [-0.05, 0) is 107 Å². The molecular weight excluding hydrogens is 741 g/mol. The molecule has 2 aromatic rings. The summed E-state index contributed by atoms with van der Waals surface area (Å²) in [5.41, 5.74) is 2.98. The van der Waals surface area contributed by atoms with Crippen LogP contribution in [0.15, 0.2) is 54.5 Å². The van der Waals surface area contributed by atoms with E-state index in [4.69, 9.17) is 19.6 Å². The van der Waals surface area contributed by atoms with E-state index in [1.165, 1.54) is 20.1 Å². The molecule has 1 heterocycles. The van der Waals surface area contributed by atoms with Gasteiger partial charge in [0.25, 0.3) is 10.0 Å². The van der Waals surface area contributed by atoms with Crippen LogP contribution in [0.1, 0.15) is 74.3 Å². The van der Waals surface area contributed by atoms with E-state index in [-0.39, 0.29) is 42.7 Å². The molecule has 56 heavy (non-hydrogen) atoms. The number of sulfonamides is 1. The Labute approximate surface area is 330 Å². The van der Waals surface area contributed by atoms with Crippen LogP contribution >= 0.6 is 0 Å². The van der Waals surface area contributed by atoms with Crippen LogP contribution in [0.4, 0.5) is 0 Å². The molecule has 16 heteroatoms. The Morgan fingerprint density at radius 3 is 2.20 bits per heavy atom. The van der Waals surface area contributed by atoms with Gasteiger partial charge in [0.05, 0.1) is 12.0 Å². The fraction of sp³-hybridized carbons (Fsp3) is 0.475. The lowest BCUT2D eigenvalue weighted by Crippen LogP contribution is -2.56. The van der Waals surface area contributed by atoms with Crippen LogP contribution in [0.25, 0.3) is 0 Å². The van der Waals surface area contributed by atoms with Crippen LogP contribution in [0.5, 0.6) is 11.5 Å². The molecule has 0 bridgehead atoms. The Morgan fingerprint density at radius 2 is 1.59 bits per heavy atom. The summed E-state index contributed by atoms with van der Waals surface area (Å²) in [6.07, 6.45) is 4.76. The summed E-state index contributed by atoms with van der Waals surface area (Å²) in [6.45, 7) is 18.1. The highest BCUT2D eigenvalue weighted by Gasteiger charge is 2.34. The van der Waals surface area contributed by atoms with Gasteiger partial charge in [0.2, 0.25) is 23.7 Å². The monoisotopic (exact) mass is 796 g/mol.